The average Bonchev–Trinajstić information content (AvgIpc) is 3.04. The Balaban J connectivity index is 2.17. The summed E-state index contributed by atoms with van der Waals surface area (Å²) in [5, 5.41) is 3.72. The maximum absolute atomic E-state index is 12.2. The molecule has 2 rings (SSSR count). The minimum absolute atomic E-state index is 0.00494. The molecular formula is C14H18ClNO. The predicted molar refractivity (Wildman–Crippen MR) is 70.2 cm³/mol. The number of rotatable bonds is 4. The fourth-order valence-corrected chi connectivity index (χ4v) is 2.24. The van der Waals surface area contributed by atoms with Gasteiger partial charge in [-0.3, -0.25) is 4.79 Å². The molecule has 92 valence electrons. The van der Waals surface area contributed by atoms with Crippen LogP contribution in [0.4, 0.5) is 0 Å². The molecule has 0 heterocycles. The van der Waals surface area contributed by atoms with Gasteiger partial charge in [0.1, 0.15) is 0 Å². The SMILES string of the molecule is CC(C)NC(=O)C(c1ccc(Cl)cc1)C1CC1. The van der Waals surface area contributed by atoms with E-state index < -0.39 is 0 Å². The Hall–Kier alpha value is -1.02. The van der Waals surface area contributed by atoms with Crippen molar-refractivity contribution in [2.45, 2.75) is 38.6 Å². The van der Waals surface area contributed by atoms with Gasteiger partial charge in [0, 0.05) is 11.1 Å². The summed E-state index contributed by atoms with van der Waals surface area (Å²) in [4.78, 5) is 12.2. The Morgan fingerprint density at radius 1 is 1.29 bits per heavy atom. The van der Waals surface area contributed by atoms with Crippen LogP contribution in [0.2, 0.25) is 5.02 Å². The first-order chi connectivity index (χ1) is 8.08. The van der Waals surface area contributed by atoms with Crippen molar-refractivity contribution in [3.8, 4) is 0 Å². The van der Waals surface area contributed by atoms with E-state index in [4.69, 9.17) is 11.6 Å². The normalized spacial score (nSPS) is 16.9. The highest BCUT2D eigenvalue weighted by Gasteiger charge is 2.37. The second-order valence-corrected chi connectivity index (χ2v) is 5.47. The molecule has 0 spiro atoms. The molecule has 1 saturated carbocycles. The zero-order valence-corrected chi connectivity index (χ0v) is 11.0. The number of benzene rings is 1. The van der Waals surface area contributed by atoms with Gasteiger partial charge in [-0.15, -0.1) is 0 Å². The van der Waals surface area contributed by atoms with Gasteiger partial charge in [0.25, 0.3) is 0 Å². The molecule has 0 aromatic heterocycles. The van der Waals surface area contributed by atoms with Gasteiger partial charge >= 0.3 is 0 Å². The first-order valence-electron chi connectivity index (χ1n) is 6.14. The van der Waals surface area contributed by atoms with E-state index in [0.717, 1.165) is 18.4 Å². The molecule has 1 atom stereocenters. The molecular weight excluding hydrogens is 234 g/mol. The van der Waals surface area contributed by atoms with Gasteiger partial charge in [-0.2, -0.15) is 0 Å². The van der Waals surface area contributed by atoms with Crippen molar-refractivity contribution in [3.63, 3.8) is 0 Å². The van der Waals surface area contributed by atoms with Gasteiger partial charge in [0.05, 0.1) is 5.92 Å². The van der Waals surface area contributed by atoms with Crippen molar-refractivity contribution in [2.24, 2.45) is 5.92 Å². The number of carbonyl (C=O) groups excluding carboxylic acids is 1. The minimum Gasteiger partial charge on any atom is -0.353 e. The third kappa shape index (κ3) is 3.22. The van der Waals surface area contributed by atoms with E-state index in [1.807, 2.05) is 38.1 Å². The lowest BCUT2D eigenvalue weighted by molar-refractivity contribution is -0.123. The monoisotopic (exact) mass is 251 g/mol. The fourth-order valence-electron chi connectivity index (χ4n) is 2.11. The van der Waals surface area contributed by atoms with Crippen LogP contribution in [-0.4, -0.2) is 11.9 Å². The van der Waals surface area contributed by atoms with Crippen molar-refractivity contribution in [3.05, 3.63) is 34.9 Å². The molecule has 1 amide bonds. The van der Waals surface area contributed by atoms with E-state index >= 15 is 0 Å². The summed E-state index contributed by atoms with van der Waals surface area (Å²) in [7, 11) is 0. The third-order valence-corrected chi connectivity index (χ3v) is 3.29. The molecule has 1 aliphatic carbocycles. The van der Waals surface area contributed by atoms with E-state index in [1.54, 1.807) is 0 Å². The van der Waals surface area contributed by atoms with Crippen LogP contribution in [0.3, 0.4) is 0 Å². The third-order valence-electron chi connectivity index (χ3n) is 3.04. The number of carbonyl (C=O) groups is 1. The molecule has 1 fully saturated rings. The average molecular weight is 252 g/mol. The molecule has 0 saturated heterocycles. The van der Waals surface area contributed by atoms with Crippen molar-refractivity contribution in [1.82, 2.24) is 5.32 Å². The van der Waals surface area contributed by atoms with Gasteiger partial charge in [0.15, 0.2) is 0 Å². The minimum atomic E-state index is -0.00494. The molecule has 1 aromatic carbocycles. The largest absolute Gasteiger partial charge is 0.353 e. The van der Waals surface area contributed by atoms with E-state index in [1.165, 1.54) is 0 Å². The first-order valence-corrected chi connectivity index (χ1v) is 6.51. The zero-order valence-electron chi connectivity index (χ0n) is 10.2. The van der Waals surface area contributed by atoms with Crippen molar-refractivity contribution < 1.29 is 4.79 Å². The van der Waals surface area contributed by atoms with Gasteiger partial charge in [0.2, 0.25) is 5.91 Å². The number of amides is 1. The van der Waals surface area contributed by atoms with Crippen LogP contribution in [0.5, 0.6) is 0 Å². The van der Waals surface area contributed by atoms with Crippen molar-refractivity contribution in [1.29, 1.82) is 0 Å². The van der Waals surface area contributed by atoms with E-state index in [-0.39, 0.29) is 17.9 Å². The summed E-state index contributed by atoms with van der Waals surface area (Å²) < 4.78 is 0. The Bertz CT molecular complexity index is 395. The summed E-state index contributed by atoms with van der Waals surface area (Å²) in [5.41, 5.74) is 1.08. The molecule has 1 aliphatic rings. The summed E-state index contributed by atoms with van der Waals surface area (Å²) in [6, 6.07) is 7.83. The maximum atomic E-state index is 12.2. The van der Waals surface area contributed by atoms with Crippen LogP contribution in [0.1, 0.15) is 38.2 Å². The predicted octanol–water partition coefficient (Wildman–Crippen LogP) is 3.36. The molecule has 2 nitrogen and oxygen atoms in total. The molecule has 0 aliphatic heterocycles. The number of halogens is 1. The van der Waals surface area contributed by atoms with Crippen LogP contribution in [-0.2, 0) is 4.79 Å². The lowest BCUT2D eigenvalue weighted by Gasteiger charge is -2.18. The van der Waals surface area contributed by atoms with Gasteiger partial charge in [-0.05, 0) is 50.3 Å². The molecule has 0 bridgehead atoms. The Morgan fingerprint density at radius 3 is 2.35 bits per heavy atom. The molecule has 3 heteroatoms. The topological polar surface area (TPSA) is 29.1 Å². The van der Waals surface area contributed by atoms with E-state index in [0.29, 0.717) is 10.9 Å². The molecule has 1 N–H and O–H groups in total. The Kier molecular flexibility index (Phi) is 3.72. The summed E-state index contributed by atoms with van der Waals surface area (Å²) in [6.07, 6.45) is 2.30. The fraction of sp³-hybridized carbons (Fsp3) is 0.500. The summed E-state index contributed by atoms with van der Waals surface area (Å²) >= 11 is 5.87. The lowest BCUT2D eigenvalue weighted by Crippen LogP contribution is -2.35. The number of nitrogens with one attached hydrogen (secondary N) is 1. The van der Waals surface area contributed by atoms with Gasteiger partial charge < -0.3 is 5.32 Å². The highest BCUT2D eigenvalue weighted by atomic mass is 35.5. The highest BCUT2D eigenvalue weighted by molar-refractivity contribution is 6.30. The highest BCUT2D eigenvalue weighted by Crippen LogP contribution is 2.42. The molecule has 1 aromatic rings. The Morgan fingerprint density at radius 2 is 1.88 bits per heavy atom. The summed E-state index contributed by atoms with van der Waals surface area (Å²) in [5.74, 6) is 0.648. The molecule has 1 unspecified atom stereocenters. The van der Waals surface area contributed by atoms with Crippen LogP contribution in [0.25, 0.3) is 0 Å². The number of hydrogen-bond donors (Lipinski definition) is 1. The first kappa shape index (κ1) is 12.4. The molecule has 17 heavy (non-hydrogen) atoms. The number of hydrogen-bond acceptors (Lipinski definition) is 1. The maximum Gasteiger partial charge on any atom is 0.228 e. The van der Waals surface area contributed by atoms with Crippen molar-refractivity contribution in [2.75, 3.05) is 0 Å². The molecule has 0 radical (unpaired) electrons. The van der Waals surface area contributed by atoms with Crippen LogP contribution in [0.15, 0.2) is 24.3 Å². The quantitative estimate of drug-likeness (QED) is 0.874. The smallest absolute Gasteiger partial charge is 0.228 e. The Labute approximate surface area is 107 Å². The summed E-state index contributed by atoms with van der Waals surface area (Å²) in [6.45, 7) is 3.98. The van der Waals surface area contributed by atoms with Crippen LogP contribution < -0.4 is 5.32 Å². The van der Waals surface area contributed by atoms with Crippen molar-refractivity contribution >= 4 is 17.5 Å². The zero-order chi connectivity index (χ0) is 12.4. The van der Waals surface area contributed by atoms with E-state index in [9.17, 15) is 4.79 Å². The second-order valence-electron chi connectivity index (χ2n) is 5.03. The van der Waals surface area contributed by atoms with Gasteiger partial charge in [-0.1, -0.05) is 23.7 Å². The second kappa shape index (κ2) is 5.09. The lowest BCUT2D eigenvalue weighted by atomic mass is 9.93. The van der Waals surface area contributed by atoms with Crippen LogP contribution in [0, 0.1) is 5.92 Å². The van der Waals surface area contributed by atoms with Gasteiger partial charge in [-0.25, -0.2) is 0 Å². The standard InChI is InChI=1S/C14H18ClNO/c1-9(2)16-14(17)13(10-3-4-10)11-5-7-12(15)8-6-11/h5-10,13H,3-4H2,1-2H3,(H,16,17). The van der Waals surface area contributed by atoms with E-state index in [2.05, 4.69) is 5.32 Å². The van der Waals surface area contributed by atoms with Crippen LogP contribution >= 0.6 is 11.6 Å².